The predicted octanol–water partition coefficient (Wildman–Crippen LogP) is 2.97. The summed E-state index contributed by atoms with van der Waals surface area (Å²) in [5.74, 6) is 1.49. The lowest BCUT2D eigenvalue weighted by Gasteiger charge is -2.16. The summed E-state index contributed by atoms with van der Waals surface area (Å²) in [5, 5.41) is 1.04. The molecule has 0 aliphatic carbocycles. The zero-order valence-corrected chi connectivity index (χ0v) is 9.94. The maximum absolute atomic E-state index is 5.59. The summed E-state index contributed by atoms with van der Waals surface area (Å²) in [4.78, 5) is 8.23. The Balaban J connectivity index is 2.50. The molecule has 1 aromatic carbocycles. The van der Waals surface area contributed by atoms with Gasteiger partial charge in [-0.1, -0.05) is 32.9 Å². The van der Waals surface area contributed by atoms with Gasteiger partial charge in [0, 0.05) is 11.6 Å². The Kier molecular flexibility index (Phi) is 2.77. The lowest BCUT2D eigenvalue weighted by atomic mass is 9.90. The van der Waals surface area contributed by atoms with Crippen molar-refractivity contribution in [1.82, 2.24) is 9.97 Å². The second-order valence-corrected chi connectivity index (χ2v) is 4.58. The van der Waals surface area contributed by atoms with Crippen LogP contribution in [-0.4, -0.2) is 9.97 Å². The van der Waals surface area contributed by atoms with Crippen LogP contribution in [0.3, 0.4) is 0 Å². The van der Waals surface area contributed by atoms with Gasteiger partial charge in [-0.3, -0.25) is 0 Å². The molecule has 2 rings (SSSR count). The Morgan fingerprint density at radius 2 is 1.94 bits per heavy atom. The molecule has 2 N–H and O–H groups in total. The highest BCUT2D eigenvalue weighted by atomic mass is 15.0. The van der Waals surface area contributed by atoms with Gasteiger partial charge >= 0.3 is 0 Å². The molecule has 84 valence electrons. The molecule has 3 nitrogen and oxygen atoms in total. The zero-order chi connectivity index (χ0) is 11.7. The topological polar surface area (TPSA) is 51.8 Å². The van der Waals surface area contributed by atoms with Crippen LogP contribution in [0.15, 0.2) is 24.4 Å². The van der Waals surface area contributed by atoms with E-state index in [1.54, 1.807) is 6.20 Å². The van der Waals surface area contributed by atoms with Gasteiger partial charge in [0.05, 0.1) is 5.52 Å². The van der Waals surface area contributed by atoms with Gasteiger partial charge in [0.25, 0.3) is 0 Å². The largest absolute Gasteiger partial charge is 0.368 e. The van der Waals surface area contributed by atoms with Crippen LogP contribution in [0.25, 0.3) is 10.9 Å². The van der Waals surface area contributed by atoms with Crippen molar-refractivity contribution in [2.45, 2.75) is 26.7 Å². The maximum Gasteiger partial charge on any atom is 0.220 e. The molecule has 0 aliphatic rings. The van der Waals surface area contributed by atoms with E-state index in [-0.39, 0.29) is 0 Å². The minimum atomic E-state index is 0.335. The summed E-state index contributed by atoms with van der Waals surface area (Å²) in [6.07, 6.45) is 1.77. The number of benzene rings is 1. The van der Waals surface area contributed by atoms with Crippen LogP contribution in [0.4, 0.5) is 5.95 Å². The number of aromatic nitrogens is 2. The Labute approximate surface area is 95.7 Å². The van der Waals surface area contributed by atoms with Gasteiger partial charge in [-0.15, -0.1) is 0 Å². The van der Waals surface area contributed by atoms with Gasteiger partial charge in [0.2, 0.25) is 5.95 Å². The molecule has 1 aromatic heterocycles. The normalized spacial score (nSPS) is 13.2. The molecule has 1 unspecified atom stereocenters. The lowest BCUT2D eigenvalue weighted by molar-refractivity contribution is 0.535. The van der Waals surface area contributed by atoms with Crippen LogP contribution >= 0.6 is 0 Å². The number of anilines is 1. The fourth-order valence-corrected chi connectivity index (χ4v) is 1.72. The summed E-state index contributed by atoms with van der Waals surface area (Å²) in [7, 11) is 0. The van der Waals surface area contributed by atoms with E-state index in [2.05, 4.69) is 48.9 Å². The van der Waals surface area contributed by atoms with Gasteiger partial charge in [0.1, 0.15) is 0 Å². The van der Waals surface area contributed by atoms with Gasteiger partial charge in [0.15, 0.2) is 0 Å². The first-order valence-electron chi connectivity index (χ1n) is 5.60. The molecule has 1 heterocycles. The van der Waals surface area contributed by atoms with Crippen LogP contribution in [0, 0.1) is 5.92 Å². The summed E-state index contributed by atoms with van der Waals surface area (Å²) in [6.45, 7) is 6.68. The van der Waals surface area contributed by atoms with Gasteiger partial charge < -0.3 is 5.73 Å². The van der Waals surface area contributed by atoms with Crippen molar-refractivity contribution in [2.24, 2.45) is 5.92 Å². The molecule has 3 heteroatoms. The predicted molar refractivity (Wildman–Crippen MR) is 67.2 cm³/mol. The number of nitrogen functional groups attached to an aromatic ring is 1. The first kappa shape index (κ1) is 10.9. The molecule has 0 saturated heterocycles. The number of hydrogen-bond donors (Lipinski definition) is 1. The summed E-state index contributed by atoms with van der Waals surface area (Å²) in [5.41, 5.74) is 7.82. The van der Waals surface area contributed by atoms with Gasteiger partial charge in [-0.25, -0.2) is 9.97 Å². The molecule has 0 bridgehead atoms. The SMILES string of the molecule is CC(C)C(C)c1ccc2cnc(N)nc2c1. The highest BCUT2D eigenvalue weighted by molar-refractivity contribution is 5.79. The second kappa shape index (κ2) is 4.08. The molecular weight excluding hydrogens is 198 g/mol. The fraction of sp³-hybridized carbons (Fsp3) is 0.385. The van der Waals surface area contributed by atoms with Crippen LogP contribution in [0.5, 0.6) is 0 Å². The quantitative estimate of drug-likeness (QED) is 0.837. The summed E-state index contributed by atoms with van der Waals surface area (Å²) in [6, 6.07) is 6.31. The lowest BCUT2D eigenvalue weighted by Crippen LogP contribution is -2.02. The molecule has 0 aliphatic heterocycles. The van der Waals surface area contributed by atoms with Crippen molar-refractivity contribution >= 4 is 16.9 Å². The first-order valence-corrected chi connectivity index (χ1v) is 5.60. The second-order valence-electron chi connectivity index (χ2n) is 4.58. The Hall–Kier alpha value is -1.64. The molecule has 0 fully saturated rings. The van der Waals surface area contributed by atoms with Gasteiger partial charge in [-0.05, 0) is 23.5 Å². The third-order valence-electron chi connectivity index (χ3n) is 3.15. The average Bonchev–Trinajstić information content (AvgIpc) is 2.26. The van der Waals surface area contributed by atoms with Crippen molar-refractivity contribution in [1.29, 1.82) is 0 Å². The molecule has 0 saturated carbocycles. The summed E-state index contributed by atoms with van der Waals surface area (Å²) < 4.78 is 0. The standard InChI is InChI=1S/C13H17N3/c1-8(2)9(3)10-4-5-11-7-15-13(14)16-12(11)6-10/h4-9H,1-3H3,(H2,14,15,16). The van der Waals surface area contributed by atoms with Gasteiger partial charge in [-0.2, -0.15) is 0 Å². The number of rotatable bonds is 2. The minimum absolute atomic E-state index is 0.335. The molecule has 0 radical (unpaired) electrons. The maximum atomic E-state index is 5.59. The van der Waals surface area contributed by atoms with E-state index in [1.807, 2.05) is 0 Å². The molecule has 0 spiro atoms. The number of nitrogens with two attached hydrogens (primary N) is 1. The Bertz CT molecular complexity index is 506. The minimum Gasteiger partial charge on any atom is -0.368 e. The Morgan fingerprint density at radius 1 is 1.19 bits per heavy atom. The monoisotopic (exact) mass is 215 g/mol. The van der Waals surface area contributed by atoms with E-state index in [0.717, 1.165) is 10.9 Å². The summed E-state index contributed by atoms with van der Waals surface area (Å²) >= 11 is 0. The third-order valence-corrected chi connectivity index (χ3v) is 3.15. The van der Waals surface area contributed by atoms with E-state index in [9.17, 15) is 0 Å². The zero-order valence-electron chi connectivity index (χ0n) is 9.94. The molecule has 1 atom stereocenters. The molecule has 2 aromatic rings. The van der Waals surface area contributed by atoms with Crippen LogP contribution in [-0.2, 0) is 0 Å². The van der Waals surface area contributed by atoms with Crippen molar-refractivity contribution in [3.8, 4) is 0 Å². The van der Waals surface area contributed by atoms with Crippen molar-refractivity contribution in [3.05, 3.63) is 30.0 Å². The highest BCUT2D eigenvalue weighted by Crippen LogP contribution is 2.26. The number of hydrogen-bond acceptors (Lipinski definition) is 3. The van der Waals surface area contributed by atoms with Crippen LogP contribution in [0.2, 0.25) is 0 Å². The fourth-order valence-electron chi connectivity index (χ4n) is 1.72. The highest BCUT2D eigenvalue weighted by Gasteiger charge is 2.10. The van der Waals surface area contributed by atoms with Crippen LogP contribution in [0.1, 0.15) is 32.3 Å². The molecule has 16 heavy (non-hydrogen) atoms. The van der Waals surface area contributed by atoms with E-state index in [1.165, 1.54) is 5.56 Å². The van der Waals surface area contributed by atoms with E-state index < -0.39 is 0 Å². The number of fused-ring (bicyclic) bond motifs is 1. The van der Waals surface area contributed by atoms with E-state index in [4.69, 9.17) is 5.73 Å². The first-order chi connectivity index (χ1) is 7.58. The van der Waals surface area contributed by atoms with E-state index in [0.29, 0.717) is 17.8 Å². The van der Waals surface area contributed by atoms with Crippen LogP contribution < -0.4 is 5.73 Å². The van der Waals surface area contributed by atoms with Crippen molar-refractivity contribution in [3.63, 3.8) is 0 Å². The third kappa shape index (κ3) is 1.98. The smallest absolute Gasteiger partial charge is 0.220 e. The average molecular weight is 215 g/mol. The molecular formula is C13H17N3. The number of nitrogens with zero attached hydrogens (tertiary/aromatic N) is 2. The van der Waals surface area contributed by atoms with Crippen molar-refractivity contribution in [2.75, 3.05) is 5.73 Å². The van der Waals surface area contributed by atoms with Crippen molar-refractivity contribution < 1.29 is 0 Å². The Morgan fingerprint density at radius 3 is 2.62 bits per heavy atom. The molecule has 0 amide bonds. The van der Waals surface area contributed by atoms with E-state index >= 15 is 0 Å².